The number of aliphatic hydroxyl groups is 1. The summed E-state index contributed by atoms with van der Waals surface area (Å²) >= 11 is 0. The van der Waals surface area contributed by atoms with Crippen LogP contribution >= 0.6 is 0 Å². The molecule has 39 heavy (non-hydrogen) atoms. The number of benzene rings is 2. The number of rotatable bonds is 11. The third-order valence-corrected chi connectivity index (χ3v) is 10.6. The fraction of sp³-hybridized carbons (Fsp3) is 0.538. The molecule has 2 atom stereocenters. The minimum absolute atomic E-state index is 0.00751. The smallest absolute Gasteiger partial charge is 0.243 e. The molecule has 13 heteroatoms. The second-order valence-electron chi connectivity index (χ2n) is 9.99. The number of sulfonamides is 2. The highest BCUT2D eigenvalue weighted by molar-refractivity contribution is 7.89. The van der Waals surface area contributed by atoms with Crippen molar-refractivity contribution < 1.29 is 36.2 Å². The van der Waals surface area contributed by atoms with E-state index in [-0.39, 0.29) is 34.6 Å². The quantitative estimate of drug-likeness (QED) is 0.356. The maximum atomic E-state index is 13.2. The monoisotopic (exact) mass is 583 g/mol. The molecule has 2 fully saturated rings. The summed E-state index contributed by atoms with van der Waals surface area (Å²) in [5.74, 6) is 0.996. The van der Waals surface area contributed by atoms with Crippen molar-refractivity contribution in [3.8, 4) is 11.5 Å². The first-order chi connectivity index (χ1) is 18.5. The Hall–Kier alpha value is -2.26. The van der Waals surface area contributed by atoms with E-state index in [1.54, 1.807) is 37.4 Å². The lowest BCUT2D eigenvalue weighted by atomic mass is 9.88. The molecule has 2 aromatic rings. The van der Waals surface area contributed by atoms with Gasteiger partial charge in [0.2, 0.25) is 20.0 Å². The fourth-order valence-electron chi connectivity index (χ4n) is 5.02. The van der Waals surface area contributed by atoms with E-state index in [4.69, 9.17) is 14.2 Å². The second-order valence-corrected chi connectivity index (χ2v) is 13.8. The van der Waals surface area contributed by atoms with E-state index in [0.29, 0.717) is 44.0 Å². The van der Waals surface area contributed by atoms with Gasteiger partial charge in [0.05, 0.1) is 29.1 Å². The van der Waals surface area contributed by atoms with Gasteiger partial charge in [-0.25, -0.2) is 21.6 Å². The molecule has 2 aliphatic rings. The van der Waals surface area contributed by atoms with Crippen molar-refractivity contribution >= 4 is 20.0 Å². The van der Waals surface area contributed by atoms with E-state index in [0.717, 1.165) is 12.0 Å². The van der Waals surface area contributed by atoms with Crippen LogP contribution in [0.1, 0.15) is 24.8 Å². The standard InChI is InChI=1S/C26H37N3O8S2/c1-19-13-24(7-8-25(19)35-3)39(33,34)29-11-9-26(10-12-29)15-20(17-37-26)28-16-21(30)18-36-22-5-4-6-23(14-22)38(31,32)27-2/h4-8,13-14,20-21,27-28,30H,9-12,15-18H2,1-3H3/t20-,21+/m1/s1. The predicted octanol–water partition coefficient (Wildman–Crippen LogP) is 1.25. The molecule has 11 nitrogen and oxygen atoms in total. The summed E-state index contributed by atoms with van der Waals surface area (Å²) in [6.07, 6.45) is 1.10. The molecule has 0 amide bonds. The van der Waals surface area contributed by atoms with Crippen LogP contribution in [0.3, 0.4) is 0 Å². The number of aryl methyl sites for hydroxylation is 1. The lowest BCUT2D eigenvalue weighted by Gasteiger charge is -2.38. The van der Waals surface area contributed by atoms with E-state index >= 15 is 0 Å². The molecule has 3 N–H and O–H groups in total. The zero-order valence-corrected chi connectivity index (χ0v) is 24.1. The summed E-state index contributed by atoms with van der Waals surface area (Å²) in [4.78, 5) is 0.344. The van der Waals surface area contributed by atoms with Crippen LogP contribution in [0, 0.1) is 6.92 Å². The molecule has 0 unspecified atom stereocenters. The average molecular weight is 584 g/mol. The highest BCUT2D eigenvalue weighted by Gasteiger charge is 2.44. The van der Waals surface area contributed by atoms with E-state index in [1.165, 1.54) is 23.5 Å². The third-order valence-electron chi connectivity index (χ3n) is 7.32. The van der Waals surface area contributed by atoms with Crippen molar-refractivity contribution in [1.29, 1.82) is 0 Å². The molecule has 2 heterocycles. The predicted molar refractivity (Wildman–Crippen MR) is 145 cm³/mol. The molecule has 0 aliphatic carbocycles. The van der Waals surface area contributed by atoms with Gasteiger partial charge in [0.15, 0.2) is 0 Å². The van der Waals surface area contributed by atoms with Gasteiger partial charge < -0.3 is 24.6 Å². The first-order valence-corrected chi connectivity index (χ1v) is 15.8. The number of ether oxygens (including phenoxy) is 3. The Labute approximate surface area is 230 Å². The highest BCUT2D eigenvalue weighted by atomic mass is 32.2. The Bertz CT molecular complexity index is 1360. The Morgan fingerprint density at radius 2 is 1.87 bits per heavy atom. The third kappa shape index (κ3) is 6.91. The largest absolute Gasteiger partial charge is 0.496 e. The maximum Gasteiger partial charge on any atom is 0.243 e. The van der Waals surface area contributed by atoms with Gasteiger partial charge in [-0.3, -0.25) is 0 Å². The van der Waals surface area contributed by atoms with Crippen molar-refractivity contribution in [3.63, 3.8) is 0 Å². The molecule has 1 spiro atoms. The Morgan fingerprint density at radius 1 is 1.13 bits per heavy atom. The molecule has 0 radical (unpaired) electrons. The maximum absolute atomic E-state index is 13.2. The highest BCUT2D eigenvalue weighted by Crippen LogP contribution is 2.37. The zero-order chi connectivity index (χ0) is 28.3. The lowest BCUT2D eigenvalue weighted by Crippen LogP contribution is -2.47. The van der Waals surface area contributed by atoms with Gasteiger partial charge in [-0.15, -0.1) is 0 Å². The van der Waals surface area contributed by atoms with Crippen LogP contribution in [0.25, 0.3) is 0 Å². The van der Waals surface area contributed by atoms with Crippen molar-refractivity contribution in [1.82, 2.24) is 14.3 Å². The number of nitrogens with zero attached hydrogens (tertiary/aromatic N) is 1. The molecule has 2 aromatic carbocycles. The molecule has 0 saturated carbocycles. The summed E-state index contributed by atoms with van der Waals surface area (Å²) in [7, 11) is -4.30. The zero-order valence-electron chi connectivity index (χ0n) is 22.4. The fourth-order valence-corrected chi connectivity index (χ4v) is 7.31. The normalized spacial score (nSPS) is 20.7. The SMILES string of the molecule is CNS(=O)(=O)c1cccc(OC[C@@H](O)CN[C@H]2COC3(CCN(S(=O)(=O)c4ccc(OC)c(C)c4)CC3)C2)c1. The Balaban J connectivity index is 1.24. The van der Waals surface area contributed by atoms with Crippen LogP contribution in [0.2, 0.25) is 0 Å². The van der Waals surface area contributed by atoms with Crippen LogP contribution in [-0.2, 0) is 24.8 Å². The molecular formula is C26H37N3O8S2. The Morgan fingerprint density at radius 3 is 2.54 bits per heavy atom. The topological polar surface area (TPSA) is 144 Å². The summed E-state index contributed by atoms with van der Waals surface area (Å²) in [6, 6.07) is 11.0. The van der Waals surface area contributed by atoms with Crippen LogP contribution in [0.4, 0.5) is 0 Å². The minimum atomic E-state index is -3.61. The molecule has 0 aromatic heterocycles. The van der Waals surface area contributed by atoms with Gasteiger partial charge >= 0.3 is 0 Å². The van der Waals surface area contributed by atoms with Crippen molar-refractivity contribution in [3.05, 3.63) is 48.0 Å². The van der Waals surface area contributed by atoms with Gasteiger partial charge in [-0.1, -0.05) is 6.07 Å². The first-order valence-electron chi connectivity index (χ1n) is 12.8. The van der Waals surface area contributed by atoms with E-state index in [9.17, 15) is 21.9 Å². The molecule has 2 aliphatic heterocycles. The molecule has 0 bridgehead atoms. The van der Waals surface area contributed by atoms with Crippen molar-refractivity contribution in [2.75, 3.05) is 47.0 Å². The molecule has 2 saturated heterocycles. The summed E-state index contributed by atoms with van der Waals surface area (Å²) < 4.78 is 71.1. The number of hydrogen-bond acceptors (Lipinski definition) is 9. The first kappa shape index (κ1) is 29.7. The van der Waals surface area contributed by atoms with E-state index in [2.05, 4.69) is 10.0 Å². The van der Waals surface area contributed by atoms with Gasteiger partial charge in [0.1, 0.15) is 24.2 Å². The number of aliphatic hydroxyl groups excluding tert-OH is 1. The van der Waals surface area contributed by atoms with Gasteiger partial charge in [-0.05, 0) is 69.1 Å². The van der Waals surface area contributed by atoms with E-state index in [1.807, 2.05) is 6.92 Å². The Kier molecular flexibility index (Phi) is 9.21. The minimum Gasteiger partial charge on any atom is -0.496 e. The van der Waals surface area contributed by atoms with Crippen LogP contribution in [0.15, 0.2) is 52.3 Å². The van der Waals surface area contributed by atoms with Gasteiger partial charge in [-0.2, -0.15) is 4.31 Å². The van der Waals surface area contributed by atoms with Crippen molar-refractivity contribution in [2.45, 2.75) is 53.7 Å². The number of hydrogen-bond donors (Lipinski definition) is 3. The number of piperidine rings is 1. The lowest BCUT2D eigenvalue weighted by molar-refractivity contribution is -0.0312. The number of methoxy groups -OCH3 is 1. The average Bonchev–Trinajstić information content (AvgIpc) is 3.33. The van der Waals surface area contributed by atoms with Gasteiger partial charge in [0, 0.05) is 31.7 Å². The number of nitrogens with one attached hydrogen (secondary N) is 2. The van der Waals surface area contributed by atoms with Gasteiger partial charge in [0.25, 0.3) is 0 Å². The summed E-state index contributed by atoms with van der Waals surface area (Å²) in [5, 5.41) is 13.7. The molecule has 216 valence electrons. The molecule has 4 rings (SSSR count). The summed E-state index contributed by atoms with van der Waals surface area (Å²) in [6.45, 7) is 3.31. The van der Waals surface area contributed by atoms with Crippen LogP contribution in [0.5, 0.6) is 11.5 Å². The second kappa shape index (κ2) is 12.1. The van der Waals surface area contributed by atoms with Crippen LogP contribution in [-0.4, -0.2) is 91.0 Å². The summed E-state index contributed by atoms with van der Waals surface area (Å²) in [5.41, 5.74) is 0.378. The van der Waals surface area contributed by atoms with E-state index < -0.39 is 26.2 Å². The molecular weight excluding hydrogens is 546 g/mol. The van der Waals surface area contributed by atoms with Crippen molar-refractivity contribution in [2.24, 2.45) is 0 Å². The van der Waals surface area contributed by atoms with Crippen LogP contribution < -0.4 is 19.5 Å².